The van der Waals surface area contributed by atoms with Crippen LogP contribution in [-0.4, -0.2) is 36.2 Å². The van der Waals surface area contributed by atoms with Crippen LogP contribution < -0.4 is 5.32 Å². The van der Waals surface area contributed by atoms with Crippen LogP contribution >= 0.6 is 0 Å². The van der Waals surface area contributed by atoms with Gasteiger partial charge in [-0.1, -0.05) is 12.2 Å². The van der Waals surface area contributed by atoms with E-state index >= 15 is 0 Å². The highest BCUT2D eigenvalue weighted by Crippen LogP contribution is 2.26. The van der Waals surface area contributed by atoms with Gasteiger partial charge in [0, 0.05) is 7.11 Å². The number of hydrogen-bond donors (Lipinski definition) is 2. The van der Waals surface area contributed by atoms with Crippen LogP contribution in [0.5, 0.6) is 0 Å². The average molecular weight is 255 g/mol. The van der Waals surface area contributed by atoms with E-state index in [1.165, 1.54) is 0 Å². The summed E-state index contributed by atoms with van der Waals surface area (Å²) in [5, 5.41) is 12.0. The van der Waals surface area contributed by atoms with Crippen molar-refractivity contribution in [2.45, 2.75) is 32.2 Å². The van der Waals surface area contributed by atoms with E-state index in [0.29, 0.717) is 19.4 Å². The molecule has 0 radical (unpaired) electrons. The summed E-state index contributed by atoms with van der Waals surface area (Å²) < 4.78 is 5.02. The number of methoxy groups -OCH3 is 1. The number of rotatable bonds is 5. The van der Waals surface area contributed by atoms with Crippen LogP contribution in [0, 0.1) is 11.8 Å². The van der Waals surface area contributed by atoms with Crippen LogP contribution in [0.1, 0.15) is 26.7 Å². The number of carbonyl (C=O) groups is 2. The molecule has 2 atom stereocenters. The van der Waals surface area contributed by atoms with Crippen LogP contribution in [0.3, 0.4) is 0 Å². The predicted molar refractivity (Wildman–Crippen MR) is 67.1 cm³/mol. The van der Waals surface area contributed by atoms with Crippen molar-refractivity contribution in [3.8, 4) is 0 Å². The molecule has 0 aromatic rings. The SMILES string of the molecule is COCC(C)(C)NC(=O)C1CC=CCC1C(=O)O. The minimum atomic E-state index is -0.913. The normalized spacial score (nSPS) is 23.7. The molecule has 5 heteroatoms. The van der Waals surface area contributed by atoms with Gasteiger partial charge in [-0.15, -0.1) is 0 Å². The third kappa shape index (κ3) is 3.84. The lowest BCUT2D eigenvalue weighted by Crippen LogP contribution is -2.51. The maximum atomic E-state index is 12.1. The molecule has 0 saturated carbocycles. The fraction of sp³-hybridized carbons (Fsp3) is 0.692. The molecule has 0 saturated heterocycles. The van der Waals surface area contributed by atoms with Gasteiger partial charge in [0.15, 0.2) is 0 Å². The van der Waals surface area contributed by atoms with E-state index in [9.17, 15) is 9.59 Å². The second-order valence-corrected chi connectivity index (χ2v) is 5.30. The first-order valence-electron chi connectivity index (χ1n) is 6.06. The van der Waals surface area contributed by atoms with Gasteiger partial charge in [0.05, 0.1) is 24.0 Å². The highest BCUT2D eigenvalue weighted by Gasteiger charge is 2.35. The molecule has 1 rings (SSSR count). The third-order valence-electron chi connectivity index (χ3n) is 3.05. The Morgan fingerprint density at radius 1 is 1.33 bits per heavy atom. The van der Waals surface area contributed by atoms with E-state index in [1.54, 1.807) is 7.11 Å². The van der Waals surface area contributed by atoms with Crippen molar-refractivity contribution in [3.05, 3.63) is 12.2 Å². The summed E-state index contributed by atoms with van der Waals surface area (Å²) in [5.74, 6) is -2.25. The second kappa shape index (κ2) is 6.00. The number of hydrogen-bond acceptors (Lipinski definition) is 3. The number of carbonyl (C=O) groups excluding carboxylic acids is 1. The maximum Gasteiger partial charge on any atom is 0.307 e. The van der Waals surface area contributed by atoms with E-state index in [1.807, 2.05) is 26.0 Å². The van der Waals surface area contributed by atoms with Crippen molar-refractivity contribution in [1.82, 2.24) is 5.32 Å². The van der Waals surface area contributed by atoms with Gasteiger partial charge in [-0.05, 0) is 26.7 Å². The molecule has 5 nitrogen and oxygen atoms in total. The van der Waals surface area contributed by atoms with E-state index < -0.39 is 23.3 Å². The van der Waals surface area contributed by atoms with Crippen molar-refractivity contribution in [2.75, 3.05) is 13.7 Å². The molecule has 0 spiro atoms. The molecule has 0 aromatic carbocycles. The van der Waals surface area contributed by atoms with Crippen molar-refractivity contribution < 1.29 is 19.4 Å². The first-order valence-corrected chi connectivity index (χ1v) is 6.06. The zero-order valence-corrected chi connectivity index (χ0v) is 11.1. The molecule has 18 heavy (non-hydrogen) atoms. The van der Waals surface area contributed by atoms with Crippen molar-refractivity contribution >= 4 is 11.9 Å². The molecule has 2 unspecified atom stereocenters. The van der Waals surface area contributed by atoms with E-state index in [4.69, 9.17) is 9.84 Å². The van der Waals surface area contributed by atoms with Crippen LogP contribution in [0.15, 0.2) is 12.2 Å². The molecule has 0 aromatic heterocycles. The summed E-state index contributed by atoms with van der Waals surface area (Å²) in [5.41, 5.74) is -0.490. The van der Waals surface area contributed by atoms with Gasteiger partial charge in [0.25, 0.3) is 0 Å². The molecule has 0 aliphatic heterocycles. The van der Waals surface area contributed by atoms with Crippen LogP contribution in [0.4, 0.5) is 0 Å². The monoisotopic (exact) mass is 255 g/mol. The summed E-state index contributed by atoms with van der Waals surface area (Å²) in [6.07, 6.45) is 4.58. The molecule has 1 amide bonds. The summed E-state index contributed by atoms with van der Waals surface area (Å²) in [7, 11) is 1.57. The van der Waals surface area contributed by atoms with E-state index in [0.717, 1.165) is 0 Å². The molecule has 0 heterocycles. The van der Waals surface area contributed by atoms with Gasteiger partial charge in [-0.3, -0.25) is 9.59 Å². The minimum absolute atomic E-state index is 0.214. The Morgan fingerprint density at radius 2 is 1.89 bits per heavy atom. The Bertz CT molecular complexity index is 349. The van der Waals surface area contributed by atoms with Gasteiger partial charge >= 0.3 is 5.97 Å². The van der Waals surface area contributed by atoms with Gasteiger partial charge in [-0.25, -0.2) is 0 Å². The number of nitrogens with one attached hydrogen (secondary N) is 1. The molecule has 102 valence electrons. The Balaban J connectivity index is 2.70. The Morgan fingerprint density at radius 3 is 2.39 bits per heavy atom. The number of carboxylic acids is 1. The van der Waals surface area contributed by atoms with Crippen molar-refractivity contribution in [1.29, 1.82) is 0 Å². The lowest BCUT2D eigenvalue weighted by Gasteiger charge is -2.30. The zero-order chi connectivity index (χ0) is 13.8. The van der Waals surface area contributed by atoms with Crippen molar-refractivity contribution in [2.24, 2.45) is 11.8 Å². The smallest absolute Gasteiger partial charge is 0.307 e. The number of ether oxygens (including phenoxy) is 1. The zero-order valence-electron chi connectivity index (χ0n) is 11.1. The Hall–Kier alpha value is -1.36. The summed E-state index contributed by atoms with van der Waals surface area (Å²) >= 11 is 0. The number of amides is 1. The summed E-state index contributed by atoms with van der Waals surface area (Å²) in [6, 6.07) is 0. The number of aliphatic carboxylic acids is 1. The van der Waals surface area contributed by atoms with Crippen LogP contribution in [-0.2, 0) is 14.3 Å². The van der Waals surface area contributed by atoms with Gasteiger partial charge < -0.3 is 15.2 Å². The predicted octanol–water partition coefficient (Wildman–Crippen LogP) is 1.19. The third-order valence-corrected chi connectivity index (χ3v) is 3.05. The molecule has 1 aliphatic rings. The van der Waals surface area contributed by atoms with Gasteiger partial charge in [-0.2, -0.15) is 0 Å². The second-order valence-electron chi connectivity index (χ2n) is 5.30. The van der Waals surface area contributed by atoms with Crippen LogP contribution in [0.25, 0.3) is 0 Å². The molecule has 1 aliphatic carbocycles. The first kappa shape index (κ1) is 14.7. The maximum absolute atomic E-state index is 12.1. The summed E-state index contributed by atoms with van der Waals surface area (Å²) in [4.78, 5) is 23.3. The van der Waals surface area contributed by atoms with Gasteiger partial charge in [0.2, 0.25) is 5.91 Å². The average Bonchev–Trinajstić information content (AvgIpc) is 2.28. The quantitative estimate of drug-likeness (QED) is 0.724. The van der Waals surface area contributed by atoms with Crippen LogP contribution in [0.2, 0.25) is 0 Å². The fourth-order valence-corrected chi connectivity index (χ4v) is 2.20. The lowest BCUT2D eigenvalue weighted by molar-refractivity contribution is -0.147. The minimum Gasteiger partial charge on any atom is -0.481 e. The number of carboxylic acid groups (broad SMARTS) is 1. The topological polar surface area (TPSA) is 75.6 Å². The molecular weight excluding hydrogens is 234 g/mol. The Labute approximate surface area is 107 Å². The fourth-order valence-electron chi connectivity index (χ4n) is 2.20. The molecule has 2 N–H and O–H groups in total. The largest absolute Gasteiger partial charge is 0.481 e. The molecular formula is C13H21NO4. The highest BCUT2D eigenvalue weighted by molar-refractivity contribution is 5.85. The standard InChI is InChI=1S/C13H21NO4/c1-13(2,8-18-3)14-11(15)9-6-4-5-7-10(9)12(16)17/h4-5,9-10H,6-8H2,1-3H3,(H,14,15)(H,16,17). The number of allylic oxidation sites excluding steroid dienone is 2. The lowest BCUT2D eigenvalue weighted by atomic mass is 9.82. The molecule has 0 bridgehead atoms. The first-order chi connectivity index (χ1) is 8.37. The van der Waals surface area contributed by atoms with Gasteiger partial charge in [0.1, 0.15) is 0 Å². The van der Waals surface area contributed by atoms with E-state index in [-0.39, 0.29) is 5.91 Å². The van der Waals surface area contributed by atoms with E-state index in [2.05, 4.69) is 5.32 Å². The Kier molecular flexibility index (Phi) is 4.90. The van der Waals surface area contributed by atoms with Crippen molar-refractivity contribution in [3.63, 3.8) is 0 Å². The summed E-state index contributed by atoms with van der Waals surface area (Å²) in [6.45, 7) is 4.09. The highest BCUT2D eigenvalue weighted by atomic mass is 16.5. The molecule has 0 fully saturated rings.